The summed E-state index contributed by atoms with van der Waals surface area (Å²) in [6.45, 7) is 3.26. The molecule has 0 spiro atoms. The first-order valence-corrected chi connectivity index (χ1v) is 5.67. The van der Waals surface area contributed by atoms with Gasteiger partial charge >= 0.3 is 0 Å². The Hall–Kier alpha value is -0.120. The van der Waals surface area contributed by atoms with Gasteiger partial charge in [-0.15, -0.1) is 0 Å². The smallest absolute Gasteiger partial charge is 0.0614 e. The Bertz CT molecular complexity index is 157. The quantitative estimate of drug-likeness (QED) is 0.637. The topological polar surface area (TPSA) is 41.5 Å². The van der Waals surface area contributed by atoms with Gasteiger partial charge in [0.05, 0.1) is 12.7 Å². The maximum atomic E-state index is 9.29. The second-order valence-corrected chi connectivity index (χ2v) is 4.28. The fourth-order valence-corrected chi connectivity index (χ4v) is 2.06. The van der Waals surface area contributed by atoms with Gasteiger partial charge in [-0.05, 0) is 32.7 Å². The molecule has 1 fully saturated rings. The van der Waals surface area contributed by atoms with E-state index in [0.29, 0.717) is 6.10 Å². The summed E-state index contributed by atoms with van der Waals surface area (Å²) >= 11 is 0. The third-order valence-electron chi connectivity index (χ3n) is 3.25. The molecule has 0 aromatic rings. The van der Waals surface area contributed by atoms with Gasteiger partial charge in [-0.2, -0.15) is 0 Å². The van der Waals surface area contributed by atoms with Crippen LogP contribution in [0.3, 0.4) is 0 Å². The summed E-state index contributed by atoms with van der Waals surface area (Å²) in [5.41, 5.74) is -0.0725. The van der Waals surface area contributed by atoms with E-state index >= 15 is 0 Å². The Morgan fingerprint density at radius 3 is 2.86 bits per heavy atom. The van der Waals surface area contributed by atoms with Crippen LogP contribution in [0.5, 0.6) is 0 Å². The van der Waals surface area contributed by atoms with E-state index in [9.17, 15) is 5.11 Å². The Balaban J connectivity index is 2.25. The van der Waals surface area contributed by atoms with Crippen molar-refractivity contribution in [1.29, 1.82) is 0 Å². The number of hydrogen-bond acceptors (Lipinski definition) is 3. The molecule has 1 aliphatic carbocycles. The lowest BCUT2D eigenvalue weighted by Crippen LogP contribution is -2.44. The number of nitrogens with one attached hydrogen (secondary N) is 1. The molecule has 1 rings (SSSR count). The van der Waals surface area contributed by atoms with E-state index in [2.05, 4.69) is 12.2 Å². The fraction of sp³-hybridized carbons (Fsp3) is 1.00. The summed E-state index contributed by atoms with van der Waals surface area (Å²) in [4.78, 5) is 0. The summed E-state index contributed by atoms with van der Waals surface area (Å²) in [6.07, 6.45) is 5.72. The molecule has 14 heavy (non-hydrogen) atoms. The average Bonchev–Trinajstić information content (AvgIpc) is 2.63. The summed E-state index contributed by atoms with van der Waals surface area (Å²) in [5, 5.41) is 12.5. The van der Waals surface area contributed by atoms with Gasteiger partial charge in [0.25, 0.3) is 0 Å². The van der Waals surface area contributed by atoms with E-state index in [-0.39, 0.29) is 12.1 Å². The third-order valence-corrected chi connectivity index (χ3v) is 3.25. The van der Waals surface area contributed by atoms with Crippen molar-refractivity contribution in [3.8, 4) is 0 Å². The third kappa shape index (κ3) is 2.94. The van der Waals surface area contributed by atoms with Crippen molar-refractivity contribution in [2.24, 2.45) is 0 Å². The number of ether oxygens (including phenoxy) is 1. The van der Waals surface area contributed by atoms with Crippen molar-refractivity contribution < 1.29 is 9.84 Å². The first-order valence-electron chi connectivity index (χ1n) is 5.67. The van der Waals surface area contributed by atoms with Crippen molar-refractivity contribution in [3.63, 3.8) is 0 Å². The lowest BCUT2D eigenvalue weighted by molar-refractivity contribution is 0.0460. The van der Waals surface area contributed by atoms with Crippen LogP contribution in [0.4, 0.5) is 0 Å². The normalized spacial score (nSPS) is 32.4. The Labute approximate surface area is 86.8 Å². The van der Waals surface area contributed by atoms with Gasteiger partial charge in [0.2, 0.25) is 0 Å². The molecule has 0 aliphatic heterocycles. The van der Waals surface area contributed by atoms with Gasteiger partial charge in [0.1, 0.15) is 0 Å². The van der Waals surface area contributed by atoms with E-state index in [4.69, 9.17) is 4.74 Å². The molecule has 0 aromatic carbocycles. The summed E-state index contributed by atoms with van der Waals surface area (Å²) in [6, 6.07) is 0. The predicted molar refractivity (Wildman–Crippen MR) is 57.4 cm³/mol. The van der Waals surface area contributed by atoms with E-state index < -0.39 is 0 Å². The second-order valence-electron chi connectivity index (χ2n) is 4.28. The molecule has 3 nitrogen and oxygen atoms in total. The van der Waals surface area contributed by atoms with E-state index in [1.54, 1.807) is 0 Å². The zero-order valence-electron chi connectivity index (χ0n) is 9.38. The zero-order valence-corrected chi connectivity index (χ0v) is 9.38. The van der Waals surface area contributed by atoms with Crippen LogP contribution in [0.1, 0.15) is 39.0 Å². The number of aliphatic hydroxyl groups excluding tert-OH is 1. The van der Waals surface area contributed by atoms with Crippen LogP contribution in [-0.2, 0) is 4.74 Å². The highest BCUT2D eigenvalue weighted by Crippen LogP contribution is 2.31. The molecule has 1 aliphatic rings. The number of aliphatic hydroxyl groups is 1. The minimum absolute atomic E-state index is 0.0725. The van der Waals surface area contributed by atoms with Crippen LogP contribution >= 0.6 is 0 Å². The molecular formula is C11H23NO2. The lowest BCUT2D eigenvalue weighted by Gasteiger charge is -2.26. The second kappa shape index (κ2) is 5.69. The van der Waals surface area contributed by atoms with Gasteiger partial charge in [-0.3, -0.25) is 0 Å². The monoisotopic (exact) mass is 201 g/mol. The Morgan fingerprint density at radius 2 is 2.36 bits per heavy atom. The standard InChI is InChI=1S/C11H23NO2/c1-3-4-7-14-10-5-6-11(8-10,9-13)12-2/h10,12-13H,3-9H2,1-2H3. The minimum Gasteiger partial charge on any atom is -0.394 e. The largest absolute Gasteiger partial charge is 0.394 e. The fourth-order valence-electron chi connectivity index (χ4n) is 2.06. The van der Waals surface area contributed by atoms with Gasteiger partial charge in [0.15, 0.2) is 0 Å². The molecule has 84 valence electrons. The van der Waals surface area contributed by atoms with Crippen LogP contribution in [0.2, 0.25) is 0 Å². The molecule has 0 saturated heterocycles. The molecule has 0 radical (unpaired) electrons. The molecule has 2 unspecified atom stereocenters. The molecule has 0 aromatic heterocycles. The summed E-state index contributed by atoms with van der Waals surface area (Å²) in [5.74, 6) is 0. The highest BCUT2D eigenvalue weighted by atomic mass is 16.5. The van der Waals surface area contributed by atoms with E-state index in [0.717, 1.165) is 32.3 Å². The van der Waals surface area contributed by atoms with Crippen LogP contribution < -0.4 is 5.32 Å². The van der Waals surface area contributed by atoms with Gasteiger partial charge in [-0.25, -0.2) is 0 Å². The number of hydrogen-bond donors (Lipinski definition) is 2. The summed E-state index contributed by atoms with van der Waals surface area (Å²) in [7, 11) is 1.92. The maximum absolute atomic E-state index is 9.29. The first-order chi connectivity index (χ1) is 6.76. The number of rotatable bonds is 6. The molecular weight excluding hydrogens is 178 g/mol. The predicted octanol–water partition coefficient (Wildman–Crippen LogP) is 1.31. The SMILES string of the molecule is CCCCOC1CCC(CO)(NC)C1. The average molecular weight is 201 g/mol. The molecule has 0 amide bonds. The number of likely N-dealkylation sites (N-methyl/N-ethyl adjacent to an activating group) is 1. The van der Waals surface area contributed by atoms with Crippen molar-refractivity contribution in [1.82, 2.24) is 5.32 Å². The van der Waals surface area contributed by atoms with Crippen LogP contribution in [-0.4, -0.2) is 37.0 Å². The maximum Gasteiger partial charge on any atom is 0.0614 e. The minimum atomic E-state index is -0.0725. The highest BCUT2D eigenvalue weighted by molar-refractivity contribution is 4.95. The van der Waals surface area contributed by atoms with Crippen molar-refractivity contribution in [3.05, 3.63) is 0 Å². The van der Waals surface area contributed by atoms with Crippen LogP contribution in [0.15, 0.2) is 0 Å². The molecule has 0 heterocycles. The molecule has 2 atom stereocenters. The molecule has 0 bridgehead atoms. The van der Waals surface area contributed by atoms with Crippen molar-refractivity contribution in [2.45, 2.75) is 50.7 Å². The first kappa shape index (κ1) is 12.0. The van der Waals surface area contributed by atoms with Crippen LogP contribution in [0, 0.1) is 0 Å². The highest BCUT2D eigenvalue weighted by Gasteiger charge is 2.37. The van der Waals surface area contributed by atoms with E-state index in [1.807, 2.05) is 7.05 Å². The Kier molecular flexibility index (Phi) is 4.85. The van der Waals surface area contributed by atoms with Gasteiger partial charge in [0, 0.05) is 12.1 Å². The van der Waals surface area contributed by atoms with Crippen molar-refractivity contribution in [2.75, 3.05) is 20.3 Å². The number of unbranched alkanes of at least 4 members (excludes halogenated alkanes) is 1. The van der Waals surface area contributed by atoms with Crippen molar-refractivity contribution >= 4 is 0 Å². The molecule has 3 heteroatoms. The zero-order chi connectivity index (χ0) is 10.4. The molecule has 2 N–H and O–H groups in total. The molecule has 1 saturated carbocycles. The Morgan fingerprint density at radius 1 is 1.57 bits per heavy atom. The lowest BCUT2D eigenvalue weighted by atomic mass is 9.99. The van der Waals surface area contributed by atoms with Gasteiger partial charge < -0.3 is 15.2 Å². The van der Waals surface area contributed by atoms with Gasteiger partial charge in [-0.1, -0.05) is 13.3 Å². The summed E-state index contributed by atoms with van der Waals surface area (Å²) < 4.78 is 5.75. The van der Waals surface area contributed by atoms with Crippen LogP contribution in [0.25, 0.3) is 0 Å². The van der Waals surface area contributed by atoms with E-state index in [1.165, 1.54) is 6.42 Å².